The Hall–Kier alpha value is -2.06. The highest BCUT2D eigenvalue weighted by molar-refractivity contribution is 7.17. The van der Waals surface area contributed by atoms with E-state index in [0.29, 0.717) is 27.1 Å². The van der Waals surface area contributed by atoms with Gasteiger partial charge in [-0.15, -0.1) is 5.10 Å². The number of hydrogen-bond donors (Lipinski definition) is 1. The summed E-state index contributed by atoms with van der Waals surface area (Å²) in [5.74, 6) is -0.662. The molecule has 1 aromatic carbocycles. The number of halogens is 2. The van der Waals surface area contributed by atoms with Crippen molar-refractivity contribution in [3.8, 4) is 5.88 Å². The van der Waals surface area contributed by atoms with Crippen molar-refractivity contribution in [3.63, 3.8) is 0 Å². The maximum atomic E-state index is 13.9. The molecule has 138 valence electrons. The third-order valence-electron chi connectivity index (χ3n) is 4.87. The number of thiazole rings is 1. The van der Waals surface area contributed by atoms with E-state index in [0.717, 1.165) is 32.0 Å². The van der Waals surface area contributed by atoms with Crippen molar-refractivity contribution >= 4 is 16.3 Å². The number of aromatic hydroxyl groups is 1. The van der Waals surface area contributed by atoms with Crippen molar-refractivity contribution in [2.45, 2.75) is 32.7 Å². The molecule has 1 aliphatic heterocycles. The molecular weight excluding hydrogens is 358 g/mol. The number of piperidine rings is 1. The van der Waals surface area contributed by atoms with Gasteiger partial charge in [0.1, 0.15) is 5.82 Å². The van der Waals surface area contributed by atoms with E-state index in [4.69, 9.17) is 0 Å². The molecule has 0 spiro atoms. The molecule has 1 aliphatic rings. The first kappa shape index (κ1) is 17.4. The first-order chi connectivity index (χ1) is 12.4. The zero-order chi connectivity index (χ0) is 18.4. The highest BCUT2D eigenvalue weighted by atomic mass is 32.1. The molecule has 2 aromatic heterocycles. The Labute approximate surface area is 153 Å². The van der Waals surface area contributed by atoms with Crippen LogP contribution in [-0.2, 0) is 0 Å². The molecule has 0 bridgehead atoms. The first-order valence-electron chi connectivity index (χ1n) is 8.68. The molecule has 5 nitrogen and oxygen atoms in total. The summed E-state index contributed by atoms with van der Waals surface area (Å²) in [6.07, 6.45) is 2.17. The Morgan fingerprint density at radius 3 is 2.81 bits per heavy atom. The Morgan fingerprint density at radius 2 is 2.12 bits per heavy atom. The normalized spacial score (nSPS) is 19.9. The standard InChI is InChI=1S/C18H20F2N4OS/c1-10-4-3-7-23(9-10)15(12-5-6-13(19)14(20)8-12)16-17(25)24-18(26-16)21-11(2)22-24/h5-6,8,10,15,25H,3-4,7,9H2,1-2H3. The van der Waals surface area contributed by atoms with Gasteiger partial charge < -0.3 is 5.11 Å². The molecule has 1 N–H and O–H groups in total. The highest BCUT2D eigenvalue weighted by Crippen LogP contribution is 2.41. The lowest BCUT2D eigenvalue weighted by atomic mass is 9.95. The summed E-state index contributed by atoms with van der Waals surface area (Å²) in [7, 11) is 0. The van der Waals surface area contributed by atoms with Gasteiger partial charge in [0.2, 0.25) is 10.8 Å². The largest absolute Gasteiger partial charge is 0.492 e. The van der Waals surface area contributed by atoms with Gasteiger partial charge in [0.15, 0.2) is 11.6 Å². The number of benzene rings is 1. The molecule has 2 atom stereocenters. The van der Waals surface area contributed by atoms with E-state index in [1.807, 2.05) is 0 Å². The topological polar surface area (TPSA) is 53.7 Å². The maximum absolute atomic E-state index is 13.9. The van der Waals surface area contributed by atoms with Crippen LogP contribution in [0.4, 0.5) is 8.78 Å². The molecule has 1 saturated heterocycles. The summed E-state index contributed by atoms with van der Waals surface area (Å²) in [5, 5.41) is 14.9. The Balaban J connectivity index is 1.84. The average Bonchev–Trinajstić information content (AvgIpc) is 3.09. The predicted octanol–water partition coefficient (Wildman–Crippen LogP) is 3.90. The van der Waals surface area contributed by atoms with E-state index in [1.54, 1.807) is 13.0 Å². The summed E-state index contributed by atoms with van der Waals surface area (Å²) >= 11 is 1.33. The molecule has 4 rings (SSSR count). The Kier molecular flexibility index (Phi) is 4.40. The van der Waals surface area contributed by atoms with E-state index in [9.17, 15) is 13.9 Å². The van der Waals surface area contributed by atoms with Crippen LogP contribution in [0.5, 0.6) is 5.88 Å². The van der Waals surface area contributed by atoms with Crippen LogP contribution in [0.15, 0.2) is 18.2 Å². The van der Waals surface area contributed by atoms with Crippen LogP contribution < -0.4 is 0 Å². The van der Waals surface area contributed by atoms with Crippen molar-refractivity contribution in [1.82, 2.24) is 19.5 Å². The minimum atomic E-state index is -0.882. The molecule has 0 amide bonds. The molecule has 3 heterocycles. The zero-order valence-electron chi connectivity index (χ0n) is 14.6. The fourth-order valence-electron chi connectivity index (χ4n) is 3.70. The summed E-state index contributed by atoms with van der Waals surface area (Å²) in [6, 6.07) is 3.59. The second kappa shape index (κ2) is 6.59. The number of fused-ring (bicyclic) bond motifs is 1. The lowest BCUT2D eigenvalue weighted by molar-refractivity contribution is 0.149. The molecule has 0 saturated carbocycles. The molecule has 3 aromatic rings. The number of hydrogen-bond acceptors (Lipinski definition) is 5. The second-order valence-electron chi connectivity index (χ2n) is 6.96. The Bertz CT molecular complexity index is 954. The van der Waals surface area contributed by atoms with Crippen LogP contribution in [0, 0.1) is 24.5 Å². The van der Waals surface area contributed by atoms with Gasteiger partial charge in [-0.1, -0.05) is 24.3 Å². The molecule has 26 heavy (non-hydrogen) atoms. The van der Waals surface area contributed by atoms with Crippen LogP contribution in [0.2, 0.25) is 0 Å². The summed E-state index contributed by atoms with van der Waals surface area (Å²) in [5.41, 5.74) is 0.620. The van der Waals surface area contributed by atoms with Crippen LogP contribution in [-0.4, -0.2) is 37.7 Å². The quantitative estimate of drug-likeness (QED) is 0.751. The predicted molar refractivity (Wildman–Crippen MR) is 95.4 cm³/mol. The van der Waals surface area contributed by atoms with Crippen molar-refractivity contribution in [1.29, 1.82) is 0 Å². The lowest BCUT2D eigenvalue weighted by Gasteiger charge is -2.37. The third-order valence-corrected chi connectivity index (χ3v) is 5.94. The van der Waals surface area contributed by atoms with Gasteiger partial charge in [0.05, 0.1) is 10.9 Å². The summed E-state index contributed by atoms with van der Waals surface area (Å²) in [6.45, 7) is 5.61. The van der Waals surface area contributed by atoms with Crippen LogP contribution >= 0.6 is 11.3 Å². The van der Waals surface area contributed by atoms with Gasteiger partial charge in [-0.3, -0.25) is 4.90 Å². The minimum absolute atomic E-state index is 0.0126. The van der Waals surface area contributed by atoms with E-state index in [-0.39, 0.29) is 11.9 Å². The number of aromatic nitrogens is 3. The van der Waals surface area contributed by atoms with Gasteiger partial charge in [0, 0.05) is 6.54 Å². The number of rotatable bonds is 3. The summed E-state index contributed by atoms with van der Waals surface area (Å²) in [4.78, 5) is 7.78. The van der Waals surface area contributed by atoms with E-state index in [1.165, 1.54) is 21.9 Å². The van der Waals surface area contributed by atoms with Crippen LogP contribution in [0.25, 0.3) is 4.96 Å². The molecular formula is C18H20F2N4OS. The number of nitrogens with zero attached hydrogens (tertiary/aromatic N) is 4. The van der Waals surface area contributed by atoms with Gasteiger partial charge in [-0.2, -0.15) is 4.52 Å². The minimum Gasteiger partial charge on any atom is -0.492 e. The molecule has 0 radical (unpaired) electrons. The fourth-order valence-corrected chi connectivity index (χ4v) is 4.86. The van der Waals surface area contributed by atoms with Crippen LogP contribution in [0.1, 0.15) is 42.1 Å². The van der Waals surface area contributed by atoms with E-state index >= 15 is 0 Å². The Morgan fingerprint density at radius 1 is 1.31 bits per heavy atom. The third kappa shape index (κ3) is 2.97. The van der Waals surface area contributed by atoms with Gasteiger partial charge >= 0.3 is 0 Å². The molecule has 8 heteroatoms. The SMILES string of the molecule is Cc1nc2sc(C(c3ccc(F)c(F)c3)N3CCCC(C)C3)c(O)n2n1. The number of likely N-dealkylation sites (tertiary alicyclic amines) is 1. The van der Waals surface area contributed by atoms with Crippen molar-refractivity contribution < 1.29 is 13.9 Å². The smallest absolute Gasteiger partial charge is 0.230 e. The highest BCUT2D eigenvalue weighted by Gasteiger charge is 2.32. The van der Waals surface area contributed by atoms with Crippen molar-refractivity contribution in [3.05, 3.63) is 46.1 Å². The van der Waals surface area contributed by atoms with E-state index < -0.39 is 11.6 Å². The van der Waals surface area contributed by atoms with Gasteiger partial charge in [-0.25, -0.2) is 13.8 Å². The zero-order valence-corrected chi connectivity index (χ0v) is 15.4. The van der Waals surface area contributed by atoms with E-state index in [2.05, 4.69) is 21.9 Å². The average molecular weight is 378 g/mol. The lowest BCUT2D eigenvalue weighted by Crippen LogP contribution is -2.37. The van der Waals surface area contributed by atoms with Crippen molar-refractivity contribution in [2.75, 3.05) is 13.1 Å². The molecule has 1 fully saturated rings. The monoisotopic (exact) mass is 378 g/mol. The maximum Gasteiger partial charge on any atom is 0.230 e. The van der Waals surface area contributed by atoms with Crippen LogP contribution in [0.3, 0.4) is 0 Å². The molecule has 0 aliphatic carbocycles. The van der Waals surface area contributed by atoms with Crippen molar-refractivity contribution in [2.24, 2.45) is 5.92 Å². The summed E-state index contributed by atoms with van der Waals surface area (Å²) < 4.78 is 28.8. The second-order valence-corrected chi connectivity index (χ2v) is 7.97. The van der Waals surface area contributed by atoms with Gasteiger partial charge in [-0.05, 0) is 49.9 Å². The number of aryl methyl sites for hydroxylation is 1. The van der Waals surface area contributed by atoms with Gasteiger partial charge in [0.25, 0.3) is 0 Å². The molecule has 2 unspecified atom stereocenters. The fraction of sp³-hybridized carbons (Fsp3) is 0.444. The first-order valence-corrected chi connectivity index (χ1v) is 9.49.